The van der Waals surface area contributed by atoms with Crippen LogP contribution in [0.15, 0.2) is 18.2 Å². The third-order valence-electron chi connectivity index (χ3n) is 3.03. The molecule has 1 atom stereocenters. The summed E-state index contributed by atoms with van der Waals surface area (Å²) in [4.78, 5) is 24.8. The lowest BCUT2D eigenvalue weighted by molar-refractivity contribution is -0.145. The second kappa shape index (κ2) is 5.29. The fraction of sp³-hybridized carbons (Fsp3) is 0.308. The lowest BCUT2D eigenvalue weighted by atomic mass is 10.1. The molecule has 5 nitrogen and oxygen atoms in total. The van der Waals surface area contributed by atoms with Crippen molar-refractivity contribution in [1.29, 1.82) is 5.26 Å². The van der Waals surface area contributed by atoms with Crippen molar-refractivity contribution in [2.45, 2.75) is 6.42 Å². The monoisotopic (exact) mass is 278 g/mol. The summed E-state index contributed by atoms with van der Waals surface area (Å²) >= 11 is 5.81. The van der Waals surface area contributed by atoms with Crippen LogP contribution in [-0.2, 0) is 14.3 Å². The second-order valence-corrected chi connectivity index (χ2v) is 4.64. The number of hydrogen-bond donors (Lipinski definition) is 0. The van der Waals surface area contributed by atoms with Gasteiger partial charge < -0.3 is 9.64 Å². The van der Waals surface area contributed by atoms with Gasteiger partial charge >= 0.3 is 5.97 Å². The maximum absolute atomic E-state index is 11.9. The highest BCUT2D eigenvalue weighted by Gasteiger charge is 2.36. The zero-order valence-electron chi connectivity index (χ0n) is 10.2. The first-order chi connectivity index (χ1) is 9.06. The number of ether oxygens (including phenoxy) is 1. The number of methoxy groups -OCH3 is 1. The summed E-state index contributed by atoms with van der Waals surface area (Å²) in [6, 6.07) is 6.71. The van der Waals surface area contributed by atoms with Crippen LogP contribution in [0.4, 0.5) is 5.69 Å². The van der Waals surface area contributed by atoms with Crippen LogP contribution in [0.3, 0.4) is 0 Å². The van der Waals surface area contributed by atoms with Gasteiger partial charge in [-0.1, -0.05) is 11.6 Å². The zero-order valence-corrected chi connectivity index (χ0v) is 11.0. The Balaban J connectivity index is 2.31. The molecule has 1 heterocycles. The molecule has 0 saturated carbocycles. The Morgan fingerprint density at radius 2 is 2.32 bits per heavy atom. The van der Waals surface area contributed by atoms with Gasteiger partial charge in [0.1, 0.15) is 6.07 Å². The Bertz CT molecular complexity index is 580. The van der Waals surface area contributed by atoms with Crippen LogP contribution in [0.5, 0.6) is 0 Å². The summed E-state index contributed by atoms with van der Waals surface area (Å²) in [5.74, 6) is -1.10. The molecule has 1 saturated heterocycles. The molecule has 6 heteroatoms. The third kappa shape index (κ3) is 2.54. The number of amides is 1. The van der Waals surface area contributed by atoms with Gasteiger partial charge in [-0.25, -0.2) is 0 Å². The van der Waals surface area contributed by atoms with Crippen molar-refractivity contribution in [2.75, 3.05) is 18.6 Å². The topological polar surface area (TPSA) is 70.4 Å². The molecular formula is C13H11ClN2O3. The van der Waals surface area contributed by atoms with Crippen molar-refractivity contribution >= 4 is 29.2 Å². The van der Waals surface area contributed by atoms with Gasteiger partial charge in [0, 0.05) is 18.0 Å². The molecule has 1 amide bonds. The van der Waals surface area contributed by atoms with Crippen molar-refractivity contribution in [3.63, 3.8) is 0 Å². The van der Waals surface area contributed by atoms with Crippen molar-refractivity contribution in [2.24, 2.45) is 5.92 Å². The van der Waals surface area contributed by atoms with E-state index < -0.39 is 11.9 Å². The second-order valence-electron chi connectivity index (χ2n) is 4.20. The van der Waals surface area contributed by atoms with Crippen LogP contribution in [-0.4, -0.2) is 25.5 Å². The van der Waals surface area contributed by atoms with Crippen LogP contribution in [0.1, 0.15) is 12.0 Å². The number of benzene rings is 1. The molecule has 0 spiro atoms. The van der Waals surface area contributed by atoms with E-state index in [0.29, 0.717) is 16.3 Å². The highest BCUT2D eigenvalue weighted by Crippen LogP contribution is 2.30. The van der Waals surface area contributed by atoms with Crippen LogP contribution < -0.4 is 4.90 Å². The van der Waals surface area contributed by atoms with Gasteiger partial charge in [0.15, 0.2) is 0 Å². The molecule has 1 aliphatic heterocycles. The first kappa shape index (κ1) is 13.4. The number of carbonyl (C=O) groups is 2. The van der Waals surface area contributed by atoms with Crippen molar-refractivity contribution < 1.29 is 14.3 Å². The Labute approximate surface area is 115 Å². The van der Waals surface area contributed by atoms with E-state index in [-0.39, 0.29) is 18.9 Å². The van der Waals surface area contributed by atoms with E-state index >= 15 is 0 Å². The molecule has 1 aromatic rings. The third-order valence-corrected chi connectivity index (χ3v) is 3.26. The van der Waals surface area contributed by atoms with Crippen LogP contribution in [0.2, 0.25) is 5.02 Å². The Morgan fingerprint density at radius 1 is 1.58 bits per heavy atom. The van der Waals surface area contributed by atoms with E-state index in [2.05, 4.69) is 4.74 Å². The molecule has 0 aliphatic carbocycles. The molecule has 19 heavy (non-hydrogen) atoms. The van der Waals surface area contributed by atoms with Gasteiger partial charge in [0.05, 0.1) is 24.3 Å². The SMILES string of the molecule is COC(=O)C1CC(=O)N(c2ccc(Cl)cc2C#N)C1. The summed E-state index contributed by atoms with van der Waals surface area (Å²) in [5, 5.41) is 9.50. The van der Waals surface area contributed by atoms with E-state index in [1.165, 1.54) is 18.1 Å². The highest BCUT2D eigenvalue weighted by molar-refractivity contribution is 6.30. The Kier molecular flexibility index (Phi) is 3.72. The first-order valence-electron chi connectivity index (χ1n) is 5.64. The number of halogens is 1. The van der Waals surface area contributed by atoms with Crippen molar-refractivity contribution in [1.82, 2.24) is 0 Å². The quantitative estimate of drug-likeness (QED) is 0.773. The van der Waals surface area contributed by atoms with E-state index in [0.717, 1.165) is 0 Å². The minimum Gasteiger partial charge on any atom is -0.469 e. The number of anilines is 1. The molecule has 2 rings (SSSR count). The van der Waals surface area contributed by atoms with Gasteiger partial charge in [-0.3, -0.25) is 9.59 Å². The summed E-state index contributed by atoms with van der Waals surface area (Å²) in [7, 11) is 1.29. The Hall–Kier alpha value is -2.06. The molecule has 0 radical (unpaired) electrons. The van der Waals surface area contributed by atoms with Crippen LogP contribution in [0, 0.1) is 17.2 Å². The van der Waals surface area contributed by atoms with Gasteiger partial charge in [0.2, 0.25) is 5.91 Å². The molecule has 1 aliphatic rings. The molecule has 1 fully saturated rings. The fourth-order valence-electron chi connectivity index (χ4n) is 2.10. The van der Waals surface area contributed by atoms with E-state index in [1.807, 2.05) is 6.07 Å². The molecule has 0 bridgehead atoms. The molecule has 1 unspecified atom stereocenters. The zero-order chi connectivity index (χ0) is 14.0. The van der Waals surface area contributed by atoms with Crippen LogP contribution >= 0.6 is 11.6 Å². The largest absolute Gasteiger partial charge is 0.469 e. The average molecular weight is 279 g/mol. The van der Waals surface area contributed by atoms with Gasteiger partial charge in [-0.05, 0) is 18.2 Å². The average Bonchev–Trinajstić information content (AvgIpc) is 2.79. The Morgan fingerprint density at radius 3 is 2.95 bits per heavy atom. The first-order valence-corrected chi connectivity index (χ1v) is 6.02. The molecule has 98 valence electrons. The lowest BCUT2D eigenvalue weighted by Gasteiger charge is -2.17. The van der Waals surface area contributed by atoms with Crippen molar-refractivity contribution in [3.8, 4) is 6.07 Å². The number of carbonyl (C=O) groups excluding carboxylic acids is 2. The number of rotatable bonds is 2. The predicted octanol–water partition coefficient (Wildman–Crippen LogP) is 1.74. The molecular weight excluding hydrogens is 268 g/mol. The fourth-order valence-corrected chi connectivity index (χ4v) is 2.27. The smallest absolute Gasteiger partial charge is 0.311 e. The minimum absolute atomic E-state index is 0.0974. The van der Waals surface area contributed by atoms with E-state index in [4.69, 9.17) is 16.9 Å². The van der Waals surface area contributed by atoms with Gasteiger partial charge in [0.25, 0.3) is 0 Å². The summed E-state index contributed by atoms with van der Waals surface area (Å²) in [6.45, 7) is 0.224. The maximum atomic E-state index is 11.9. The summed E-state index contributed by atoms with van der Waals surface area (Å²) in [5.41, 5.74) is 0.787. The van der Waals surface area contributed by atoms with E-state index in [1.54, 1.807) is 12.1 Å². The molecule has 0 aromatic heterocycles. The van der Waals surface area contributed by atoms with E-state index in [9.17, 15) is 9.59 Å². The standard InChI is InChI=1S/C13H11ClN2O3/c1-19-13(18)9-5-12(17)16(7-9)11-3-2-10(14)4-8(11)6-15/h2-4,9H,5,7H2,1H3. The number of hydrogen-bond acceptors (Lipinski definition) is 4. The van der Waals surface area contributed by atoms with Crippen LogP contribution in [0.25, 0.3) is 0 Å². The molecule has 1 aromatic carbocycles. The van der Waals surface area contributed by atoms with Gasteiger partial charge in [-0.15, -0.1) is 0 Å². The molecule has 0 N–H and O–H groups in total. The minimum atomic E-state index is -0.486. The lowest BCUT2D eigenvalue weighted by Crippen LogP contribution is -2.26. The number of esters is 1. The van der Waals surface area contributed by atoms with Crippen molar-refractivity contribution in [3.05, 3.63) is 28.8 Å². The summed E-state index contributed by atoms with van der Waals surface area (Å²) < 4.78 is 4.64. The predicted molar refractivity (Wildman–Crippen MR) is 68.6 cm³/mol. The highest BCUT2D eigenvalue weighted by atomic mass is 35.5. The van der Waals surface area contributed by atoms with Gasteiger partial charge in [-0.2, -0.15) is 5.26 Å². The normalized spacial score (nSPS) is 18.3. The number of nitriles is 1. The number of nitrogens with zero attached hydrogens (tertiary/aromatic N) is 2. The maximum Gasteiger partial charge on any atom is 0.311 e. The summed E-state index contributed by atoms with van der Waals surface area (Å²) in [6.07, 6.45) is 0.0974.